The number of aryl methyl sites for hydroxylation is 1. The Labute approximate surface area is 136 Å². The van der Waals surface area contributed by atoms with Gasteiger partial charge in [0.25, 0.3) is 0 Å². The Kier molecular flexibility index (Phi) is 5.22. The highest BCUT2D eigenvalue weighted by Gasteiger charge is 2.32. The molecule has 0 aliphatic carbocycles. The van der Waals surface area contributed by atoms with Crippen molar-refractivity contribution in [3.8, 4) is 0 Å². The van der Waals surface area contributed by atoms with E-state index in [1.54, 1.807) is 4.68 Å². The van der Waals surface area contributed by atoms with E-state index in [4.69, 9.17) is 0 Å². The second-order valence-corrected chi connectivity index (χ2v) is 6.33. The van der Waals surface area contributed by atoms with Gasteiger partial charge in [0.05, 0.1) is 19.1 Å². The fraction of sp³-hybridized carbons (Fsp3) is 0.800. The number of alkyl halides is 1. The SMILES string of the molecule is CN1CCC[C@@H]1C(=O)N1CCN(Cc2ncnn2CCF)CC1. The van der Waals surface area contributed by atoms with Crippen LogP contribution in [0.4, 0.5) is 4.39 Å². The van der Waals surface area contributed by atoms with Crippen molar-refractivity contribution in [2.24, 2.45) is 0 Å². The van der Waals surface area contributed by atoms with Gasteiger partial charge in [0.2, 0.25) is 5.91 Å². The monoisotopic (exact) mass is 324 g/mol. The largest absolute Gasteiger partial charge is 0.339 e. The maximum atomic E-state index is 12.6. The Hall–Kier alpha value is -1.54. The standard InChI is InChI=1S/C15H25FN6O/c1-19-5-2-3-13(19)15(23)21-9-7-20(8-10-21)11-14-17-12-18-22(14)6-4-16/h12-13H,2-11H2,1H3/t13-/m1/s1. The lowest BCUT2D eigenvalue weighted by atomic mass is 10.1. The van der Waals surface area contributed by atoms with Gasteiger partial charge < -0.3 is 4.90 Å². The number of likely N-dealkylation sites (N-methyl/N-ethyl adjacent to an activating group) is 1. The number of likely N-dealkylation sites (tertiary alicyclic amines) is 1. The number of nitrogens with zero attached hydrogens (tertiary/aromatic N) is 6. The van der Waals surface area contributed by atoms with Crippen molar-refractivity contribution in [2.45, 2.75) is 32.0 Å². The van der Waals surface area contributed by atoms with E-state index >= 15 is 0 Å². The number of halogens is 1. The maximum Gasteiger partial charge on any atom is 0.240 e. The molecule has 1 amide bonds. The van der Waals surface area contributed by atoms with Crippen LogP contribution in [0.1, 0.15) is 18.7 Å². The van der Waals surface area contributed by atoms with Crippen LogP contribution in [-0.4, -0.2) is 87.9 Å². The van der Waals surface area contributed by atoms with Crippen LogP contribution in [0.3, 0.4) is 0 Å². The zero-order valence-electron chi connectivity index (χ0n) is 13.7. The fourth-order valence-corrected chi connectivity index (χ4v) is 3.44. The van der Waals surface area contributed by atoms with Gasteiger partial charge in [-0.2, -0.15) is 5.10 Å². The number of carbonyl (C=O) groups is 1. The summed E-state index contributed by atoms with van der Waals surface area (Å²) < 4.78 is 14.1. The molecule has 23 heavy (non-hydrogen) atoms. The Morgan fingerprint density at radius 3 is 2.74 bits per heavy atom. The van der Waals surface area contributed by atoms with E-state index in [0.717, 1.165) is 51.4 Å². The van der Waals surface area contributed by atoms with Crippen LogP contribution < -0.4 is 0 Å². The van der Waals surface area contributed by atoms with Crippen molar-refractivity contribution in [1.82, 2.24) is 29.5 Å². The molecule has 0 spiro atoms. The molecule has 3 heterocycles. The molecular formula is C15H25FN6O. The minimum atomic E-state index is -0.437. The van der Waals surface area contributed by atoms with Crippen LogP contribution in [0.5, 0.6) is 0 Å². The van der Waals surface area contributed by atoms with Crippen molar-refractivity contribution < 1.29 is 9.18 Å². The molecule has 0 unspecified atom stereocenters. The smallest absolute Gasteiger partial charge is 0.240 e. The number of rotatable bonds is 5. The summed E-state index contributed by atoms with van der Waals surface area (Å²) in [5.74, 6) is 1.06. The lowest BCUT2D eigenvalue weighted by Gasteiger charge is -2.36. The van der Waals surface area contributed by atoms with Crippen LogP contribution in [-0.2, 0) is 17.9 Å². The summed E-state index contributed by atoms with van der Waals surface area (Å²) >= 11 is 0. The summed E-state index contributed by atoms with van der Waals surface area (Å²) in [7, 11) is 2.03. The maximum absolute atomic E-state index is 12.6. The van der Waals surface area contributed by atoms with Crippen LogP contribution in [0, 0.1) is 0 Å². The highest BCUT2D eigenvalue weighted by molar-refractivity contribution is 5.82. The molecule has 8 heteroatoms. The summed E-state index contributed by atoms with van der Waals surface area (Å²) in [6.45, 7) is 4.64. The lowest BCUT2D eigenvalue weighted by molar-refractivity contribution is -0.137. The molecule has 1 atom stereocenters. The second kappa shape index (κ2) is 7.35. The van der Waals surface area contributed by atoms with Crippen molar-refractivity contribution >= 4 is 5.91 Å². The molecule has 3 rings (SSSR count). The predicted octanol–water partition coefficient (Wildman–Crippen LogP) is -0.0140. The molecule has 128 valence electrons. The number of hydrogen-bond donors (Lipinski definition) is 0. The van der Waals surface area contributed by atoms with Gasteiger partial charge in [-0.15, -0.1) is 0 Å². The Balaban J connectivity index is 1.50. The Morgan fingerprint density at radius 2 is 2.09 bits per heavy atom. The molecule has 2 aliphatic rings. The Bertz CT molecular complexity index is 528. The first-order valence-electron chi connectivity index (χ1n) is 8.33. The third-order valence-corrected chi connectivity index (χ3v) is 4.85. The van der Waals surface area contributed by atoms with E-state index in [2.05, 4.69) is 19.9 Å². The molecule has 1 aromatic heterocycles. The lowest BCUT2D eigenvalue weighted by Crippen LogP contribution is -2.53. The third kappa shape index (κ3) is 3.69. The van der Waals surface area contributed by atoms with Crippen molar-refractivity contribution in [2.75, 3.05) is 46.4 Å². The number of aromatic nitrogens is 3. The molecule has 0 aromatic carbocycles. The van der Waals surface area contributed by atoms with E-state index in [9.17, 15) is 9.18 Å². The van der Waals surface area contributed by atoms with Crippen molar-refractivity contribution in [3.05, 3.63) is 12.2 Å². The van der Waals surface area contributed by atoms with Crippen LogP contribution in [0.25, 0.3) is 0 Å². The Morgan fingerprint density at radius 1 is 1.30 bits per heavy atom. The van der Waals surface area contributed by atoms with Gasteiger partial charge in [0, 0.05) is 26.2 Å². The van der Waals surface area contributed by atoms with Gasteiger partial charge in [0.1, 0.15) is 18.8 Å². The first kappa shape index (κ1) is 16.3. The molecule has 0 radical (unpaired) electrons. The van der Waals surface area contributed by atoms with Crippen LogP contribution >= 0.6 is 0 Å². The summed E-state index contributed by atoms with van der Waals surface area (Å²) in [5.41, 5.74) is 0. The van der Waals surface area contributed by atoms with E-state index in [1.807, 2.05) is 11.9 Å². The van der Waals surface area contributed by atoms with E-state index in [0.29, 0.717) is 6.54 Å². The minimum Gasteiger partial charge on any atom is -0.339 e. The van der Waals surface area contributed by atoms with Gasteiger partial charge in [-0.25, -0.2) is 14.1 Å². The number of piperazine rings is 1. The average Bonchev–Trinajstić information content (AvgIpc) is 3.17. The summed E-state index contributed by atoms with van der Waals surface area (Å²) in [4.78, 5) is 23.2. The molecule has 7 nitrogen and oxygen atoms in total. The van der Waals surface area contributed by atoms with Crippen molar-refractivity contribution in [1.29, 1.82) is 0 Å². The summed E-state index contributed by atoms with van der Waals surface area (Å²) in [5, 5.41) is 4.04. The zero-order valence-corrected chi connectivity index (χ0v) is 13.7. The summed E-state index contributed by atoms with van der Waals surface area (Å²) in [6, 6.07) is 0.0641. The normalized spacial score (nSPS) is 23.6. The topological polar surface area (TPSA) is 57.5 Å². The average molecular weight is 324 g/mol. The summed E-state index contributed by atoms with van der Waals surface area (Å²) in [6.07, 6.45) is 3.56. The van der Waals surface area contributed by atoms with Gasteiger partial charge in [0.15, 0.2) is 0 Å². The van der Waals surface area contributed by atoms with Gasteiger partial charge in [-0.05, 0) is 26.4 Å². The molecule has 0 bridgehead atoms. The minimum absolute atomic E-state index is 0.0641. The molecule has 2 saturated heterocycles. The van der Waals surface area contributed by atoms with Gasteiger partial charge in [-0.1, -0.05) is 0 Å². The fourth-order valence-electron chi connectivity index (χ4n) is 3.44. The predicted molar refractivity (Wildman–Crippen MR) is 83.5 cm³/mol. The molecule has 2 fully saturated rings. The molecule has 0 saturated carbocycles. The number of hydrogen-bond acceptors (Lipinski definition) is 5. The van der Waals surface area contributed by atoms with Gasteiger partial charge >= 0.3 is 0 Å². The van der Waals surface area contributed by atoms with E-state index < -0.39 is 6.67 Å². The number of amides is 1. The molecule has 1 aromatic rings. The highest BCUT2D eigenvalue weighted by Crippen LogP contribution is 2.18. The number of carbonyl (C=O) groups excluding carboxylic acids is 1. The first-order valence-corrected chi connectivity index (χ1v) is 8.33. The van der Waals surface area contributed by atoms with Crippen molar-refractivity contribution in [3.63, 3.8) is 0 Å². The van der Waals surface area contributed by atoms with Crippen LogP contribution in [0.2, 0.25) is 0 Å². The van der Waals surface area contributed by atoms with Crippen LogP contribution in [0.15, 0.2) is 6.33 Å². The quantitative estimate of drug-likeness (QED) is 0.762. The molecule has 0 N–H and O–H groups in total. The molecule has 2 aliphatic heterocycles. The third-order valence-electron chi connectivity index (χ3n) is 4.85. The molecular weight excluding hydrogens is 299 g/mol. The second-order valence-electron chi connectivity index (χ2n) is 6.33. The van der Waals surface area contributed by atoms with E-state index in [-0.39, 0.29) is 18.5 Å². The first-order chi connectivity index (χ1) is 11.2. The zero-order chi connectivity index (χ0) is 16.2. The van der Waals surface area contributed by atoms with Gasteiger partial charge in [-0.3, -0.25) is 14.6 Å². The van der Waals surface area contributed by atoms with E-state index in [1.165, 1.54) is 6.33 Å². The highest BCUT2D eigenvalue weighted by atomic mass is 19.1.